The monoisotopic (exact) mass is 906 g/mol. The lowest BCUT2D eigenvalue weighted by Crippen LogP contribution is -2.54. The van der Waals surface area contributed by atoms with Crippen molar-refractivity contribution < 1.29 is 39.6 Å². The summed E-state index contributed by atoms with van der Waals surface area (Å²) in [6.07, 6.45) is 0.527. The number of benzene rings is 4. The first-order valence-electron chi connectivity index (χ1n) is 21.9. The lowest BCUT2D eigenvalue weighted by Gasteiger charge is -2.43. The Kier molecular flexibility index (Phi) is 13.6. The van der Waals surface area contributed by atoms with E-state index >= 15 is 0 Å². The maximum atomic E-state index is 13.1. The Morgan fingerprint density at radius 2 is 1.08 bits per heavy atom. The molecule has 8 rings (SSSR count). The number of aryl methyl sites for hydroxylation is 1. The van der Waals surface area contributed by atoms with E-state index < -0.39 is 43.1 Å². The van der Waals surface area contributed by atoms with Gasteiger partial charge in [0.2, 0.25) is 20.0 Å². The fourth-order valence-electron chi connectivity index (χ4n) is 10.4. The minimum Gasteiger partial charge on any atom is -0.348 e. The van der Waals surface area contributed by atoms with Crippen molar-refractivity contribution in [1.29, 1.82) is 0 Å². The molecule has 15 heteroatoms. The van der Waals surface area contributed by atoms with E-state index in [-0.39, 0.29) is 40.5 Å². The SMILES string of the molecule is CCCS(=O)(=O)N1CCC2(CC1)c1ccccc1CC2NC(=O)c1cccc(C(F)(F)F)c1.CCCS(=O)(=O)N1CCC2(CC1)c1ccccc1CC2NC(=O)c1ccccc1C. The van der Waals surface area contributed by atoms with E-state index in [9.17, 15) is 39.6 Å². The highest BCUT2D eigenvalue weighted by atomic mass is 32.2. The summed E-state index contributed by atoms with van der Waals surface area (Å²) in [5.41, 5.74) is 4.78. The van der Waals surface area contributed by atoms with Crippen LogP contribution in [0.2, 0.25) is 0 Å². The number of amides is 2. The van der Waals surface area contributed by atoms with E-state index in [0.29, 0.717) is 63.8 Å². The number of hydrogen-bond acceptors (Lipinski definition) is 6. The number of hydrogen-bond donors (Lipinski definition) is 2. The molecule has 2 aliphatic heterocycles. The maximum absolute atomic E-state index is 13.1. The molecule has 2 aliphatic carbocycles. The van der Waals surface area contributed by atoms with Crippen molar-refractivity contribution in [2.24, 2.45) is 0 Å². The molecule has 0 aromatic heterocycles. The highest BCUT2D eigenvalue weighted by Crippen LogP contribution is 2.48. The van der Waals surface area contributed by atoms with Crippen LogP contribution < -0.4 is 10.6 Å². The van der Waals surface area contributed by atoms with Gasteiger partial charge in [0, 0.05) is 60.2 Å². The average molecular weight is 907 g/mol. The second kappa shape index (κ2) is 18.5. The second-order valence-electron chi connectivity index (χ2n) is 17.4. The van der Waals surface area contributed by atoms with Gasteiger partial charge in [-0.25, -0.2) is 25.4 Å². The molecule has 2 atom stereocenters. The van der Waals surface area contributed by atoms with Crippen LogP contribution in [0.15, 0.2) is 97.1 Å². The predicted molar refractivity (Wildman–Crippen MR) is 239 cm³/mol. The van der Waals surface area contributed by atoms with Gasteiger partial charge < -0.3 is 10.6 Å². The largest absolute Gasteiger partial charge is 0.416 e. The topological polar surface area (TPSA) is 133 Å². The van der Waals surface area contributed by atoms with Crippen molar-refractivity contribution in [3.63, 3.8) is 0 Å². The van der Waals surface area contributed by atoms with Crippen molar-refractivity contribution in [1.82, 2.24) is 19.2 Å². The van der Waals surface area contributed by atoms with Gasteiger partial charge >= 0.3 is 6.18 Å². The first kappa shape index (κ1) is 46.4. The Bertz CT molecular complexity index is 2530. The van der Waals surface area contributed by atoms with Crippen molar-refractivity contribution in [2.45, 2.75) is 101 Å². The molecule has 338 valence electrons. The van der Waals surface area contributed by atoms with Crippen LogP contribution >= 0.6 is 0 Å². The molecule has 2 amide bonds. The van der Waals surface area contributed by atoms with Crippen LogP contribution in [-0.4, -0.2) is 87.0 Å². The molecule has 2 N–H and O–H groups in total. The summed E-state index contributed by atoms with van der Waals surface area (Å²) in [7, 11) is -6.52. The van der Waals surface area contributed by atoms with Crippen LogP contribution in [0.5, 0.6) is 0 Å². The summed E-state index contributed by atoms with van der Waals surface area (Å²) in [4.78, 5) is 26.1. The van der Waals surface area contributed by atoms with Gasteiger partial charge in [-0.2, -0.15) is 13.2 Å². The molecule has 0 saturated carbocycles. The zero-order valence-electron chi connectivity index (χ0n) is 36.1. The van der Waals surface area contributed by atoms with Crippen LogP contribution in [0.4, 0.5) is 13.2 Å². The number of carbonyl (C=O) groups excluding carboxylic acids is 2. The number of sulfonamides is 2. The first-order valence-corrected chi connectivity index (χ1v) is 25.1. The van der Waals surface area contributed by atoms with Crippen LogP contribution in [0.1, 0.15) is 106 Å². The van der Waals surface area contributed by atoms with E-state index in [1.807, 2.05) is 81.4 Å². The van der Waals surface area contributed by atoms with Gasteiger partial charge in [-0.15, -0.1) is 0 Å². The first-order chi connectivity index (χ1) is 29.9. The Morgan fingerprint density at radius 1 is 0.635 bits per heavy atom. The number of halogens is 3. The summed E-state index contributed by atoms with van der Waals surface area (Å²) in [6.45, 7) is 7.40. The maximum Gasteiger partial charge on any atom is 0.416 e. The minimum absolute atomic E-state index is 0.0296. The second-order valence-corrected chi connectivity index (χ2v) is 21.6. The Morgan fingerprint density at radius 3 is 1.54 bits per heavy atom. The minimum atomic E-state index is -4.53. The van der Waals surface area contributed by atoms with Crippen molar-refractivity contribution in [2.75, 3.05) is 37.7 Å². The quantitative estimate of drug-likeness (QED) is 0.169. The van der Waals surface area contributed by atoms with Crippen LogP contribution in [0, 0.1) is 6.92 Å². The fourth-order valence-corrected chi connectivity index (χ4v) is 13.5. The Hall–Kier alpha value is -4.57. The summed E-state index contributed by atoms with van der Waals surface area (Å²) in [5, 5.41) is 6.30. The fraction of sp³-hybridized carbons (Fsp3) is 0.458. The molecule has 4 aliphatic rings. The van der Waals surface area contributed by atoms with Crippen LogP contribution in [-0.2, 0) is 49.9 Å². The molecule has 2 heterocycles. The zero-order valence-corrected chi connectivity index (χ0v) is 37.7. The number of nitrogens with zero attached hydrogens (tertiary/aromatic N) is 2. The molecule has 63 heavy (non-hydrogen) atoms. The molecule has 4 aromatic carbocycles. The van der Waals surface area contributed by atoms with Gasteiger partial charge in [-0.1, -0.05) is 86.6 Å². The lowest BCUT2D eigenvalue weighted by molar-refractivity contribution is -0.137. The highest BCUT2D eigenvalue weighted by Gasteiger charge is 2.51. The molecule has 2 fully saturated rings. The van der Waals surface area contributed by atoms with Crippen molar-refractivity contribution in [3.8, 4) is 0 Å². The number of alkyl halides is 3. The van der Waals surface area contributed by atoms with Gasteiger partial charge in [0.15, 0.2) is 0 Å². The molecule has 0 radical (unpaired) electrons. The van der Waals surface area contributed by atoms with Gasteiger partial charge in [-0.05, 0) is 110 Å². The van der Waals surface area contributed by atoms with Crippen LogP contribution in [0.3, 0.4) is 0 Å². The Labute approximate surface area is 369 Å². The van der Waals surface area contributed by atoms with Crippen LogP contribution in [0.25, 0.3) is 0 Å². The third-order valence-electron chi connectivity index (χ3n) is 13.7. The standard InChI is InChI=1S/C24H27F3N2O3S.C24H30N2O3S/c1-2-14-33(31,32)29-12-10-23(11-13-29)20-9-4-3-6-17(20)16-21(23)28-22(30)18-7-5-8-19(15-18)24(25,26)27;1-3-16-30(28,29)26-14-12-24(13-15-26)21-11-7-5-9-19(21)17-22(24)25-23(27)20-10-6-4-8-18(20)2/h3-9,15,21H,2,10-14,16H2,1H3,(H,28,30);4-11,22H,3,12-17H2,1-2H3,(H,25,27). The molecular weight excluding hydrogens is 850 g/mol. The van der Waals surface area contributed by atoms with E-state index in [1.165, 1.54) is 27.6 Å². The molecule has 2 spiro atoms. The number of fused-ring (bicyclic) bond motifs is 4. The zero-order chi connectivity index (χ0) is 45.2. The van der Waals surface area contributed by atoms with E-state index in [0.717, 1.165) is 48.1 Å². The van der Waals surface area contributed by atoms with Gasteiger partial charge in [0.1, 0.15) is 0 Å². The van der Waals surface area contributed by atoms with E-state index in [1.54, 1.807) is 4.31 Å². The number of carbonyl (C=O) groups is 2. The molecular formula is C48H57F3N4O6S2. The number of piperidine rings is 2. The summed E-state index contributed by atoms with van der Waals surface area (Å²) in [5.74, 6) is -0.304. The smallest absolute Gasteiger partial charge is 0.348 e. The molecule has 2 unspecified atom stereocenters. The molecule has 2 saturated heterocycles. The summed E-state index contributed by atoms with van der Waals surface area (Å²) < 4.78 is 92.7. The highest BCUT2D eigenvalue weighted by molar-refractivity contribution is 7.89. The summed E-state index contributed by atoms with van der Waals surface area (Å²) in [6, 6.07) is 27.9. The normalized spacial score (nSPS) is 20.7. The third-order valence-corrected chi connectivity index (χ3v) is 17.8. The van der Waals surface area contributed by atoms with Gasteiger partial charge in [-0.3, -0.25) is 9.59 Å². The van der Waals surface area contributed by atoms with E-state index in [2.05, 4.69) is 22.8 Å². The predicted octanol–water partition coefficient (Wildman–Crippen LogP) is 7.56. The molecule has 0 bridgehead atoms. The average Bonchev–Trinajstić information content (AvgIpc) is 3.71. The Balaban J connectivity index is 0.000000190. The third kappa shape index (κ3) is 9.48. The van der Waals surface area contributed by atoms with Crippen molar-refractivity contribution in [3.05, 3.63) is 142 Å². The number of nitrogens with one attached hydrogen (secondary N) is 2. The van der Waals surface area contributed by atoms with Crippen molar-refractivity contribution >= 4 is 31.9 Å². The van der Waals surface area contributed by atoms with Gasteiger partial charge in [0.25, 0.3) is 11.8 Å². The van der Waals surface area contributed by atoms with E-state index in [4.69, 9.17) is 0 Å². The molecule has 10 nitrogen and oxygen atoms in total. The molecule has 4 aromatic rings. The summed E-state index contributed by atoms with van der Waals surface area (Å²) >= 11 is 0. The number of rotatable bonds is 10. The van der Waals surface area contributed by atoms with Gasteiger partial charge in [0.05, 0.1) is 17.1 Å². The lowest BCUT2D eigenvalue weighted by atomic mass is 9.71.